The summed E-state index contributed by atoms with van der Waals surface area (Å²) in [5.74, 6) is 0.510. The first-order chi connectivity index (χ1) is 9.77. The lowest BCUT2D eigenvalue weighted by Crippen LogP contribution is -2.09. The number of hydrogen-bond acceptors (Lipinski definition) is 3. The van der Waals surface area contributed by atoms with Crippen LogP contribution < -0.4 is 5.73 Å². The van der Waals surface area contributed by atoms with Gasteiger partial charge in [-0.1, -0.05) is 32.0 Å². The fourth-order valence-electron chi connectivity index (χ4n) is 2.09. The summed E-state index contributed by atoms with van der Waals surface area (Å²) in [5, 5.41) is 0. The highest BCUT2D eigenvalue weighted by molar-refractivity contribution is 5.62. The topological polar surface area (TPSA) is 51.8 Å². The third-order valence-corrected chi connectivity index (χ3v) is 2.89. The maximum Gasteiger partial charge on any atom is 0.417 e. The van der Waals surface area contributed by atoms with Gasteiger partial charge in [0.1, 0.15) is 5.82 Å². The van der Waals surface area contributed by atoms with Gasteiger partial charge in [0, 0.05) is 17.3 Å². The molecule has 0 radical (unpaired) electrons. The van der Waals surface area contributed by atoms with Gasteiger partial charge in [0.2, 0.25) is 0 Å². The standard InChI is InChI=1S/C15H16F3N3/c1-9(2)7-10-8-13(19)21-14(20-10)11-5-3-4-6-12(11)15(16,17)18/h3-6,8-9H,7H2,1-2H3,(H2,19,20,21). The van der Waals surface area contributed by atoms with E-state index in [1.165, 1.54) is 18.2 Å². The van der Waals surface area contributed by atoms with Crippen LogP contribution in [0.4, 0.5) is 19.0 Å². The molecule has 0 fully saturated rings. The number of nitrogens with two attached hydrogens (primary N) is 1. The van der Waals surface area contributed by atoms with Crippen LogP contribution in [-0.4, -0.2) is 9.97 Å². The Hall–Kier alpha value is -2.11. The highest BCUT2D eigenvalue weighted by Crippen LogP contribution is 2.35. The van der Waals surface area contributed by atoms with Crippen LogP contribution in [0.3, 0.4) is 0 Å². The van der Waals surface area contributed by atoms with Crippen LogP contribution in [-0.2, 0) is 12.6 Å². The fraction of sp³-hybridized carbons (Fsp3) is 0.333. The van der Waals surface area contributed by atoms with E-state index in [2.05, 4.69) is 9.97 Å². The Morgan fingerprint density at radius 2 is 1.81 bits per heavy atom. The number of rotatable bonds is 3. The highest BCUT2D eigenvalue weighted by Gasteiger charge is 2.34. The van der Waals surface area contributed by atoms with E-state index in [0.29, 0.717) is 18.0 Å². The number of aromatic nitrogens is 2. The minimum absolute atomic E-state index is 0.0126. The van der Waals surface area contributed by atoms with E-state index in [0.717, 1.165) is 6.07 Å². The van der Waals surface area contributed by atoms with Crippen LogP contribution in [0.1, 0.15) is 25.1 Å². The number of hydrogen-bond donors (Lipinski definition) is 1. The van der Waals surface area contributed by atoms with Crippen LogP contribution in [0.2, 0.25) is 0 Å². The first-order valence-electron chi connectivity index (χ1n) is 6.57. The summed E-state index contributed by atoms with van der Waals surface area (Å²) in [6, 6.07) is 6.84. The molecule has 0 bridgehead atoms. The molecule has 6 heteroatoms. The molecule has 2 rings (SSSR count). The van der Waals surface area contributed by atoms with Gasteiger partial charge in [-0.15, -0.1) is 0 Å². The van der Waals surface area contributed by atoms with E-state index in [9.17, 15) is 13.2 Å². The van der Waals surface area contributed by atoms with Gasteiger partial charge in [-0.2, -0.15) is 13.2 Å². The van der Waals surface area contributed by atoms with Crippen LogP contribution in [0.5, 0.6) is 0 Å². The molecule has 1 aromatic heterocycles. The first kappa shape index (κ1) is 15.3. The molecular weight excluding hydrogens is 279 g/mol. The molecule has 0 amide bonds. The summed E-state index contributed by atoms with van der Waals surface area (Å²) in [6.45, 7) is 4.00. The number of halogens is 3. The van der Waals surface area contributed by atoms with Gasteiger partial charge >= 0.3 is 6.18 Å². The van der Waals surface area contributed by atoms with Crippen molar-refractivity contribution in [3.63, 3.8) is 0 Å². The summed E-state index contributed by atoms with van der Waals surface area (Å²) in [7, 11) is 0. The van der Waals surface area contributed by atoms with Crippen molar-refractivity contribution in [3.8, 4) is 11.4 Å². The van der Waals surface area contributed by atoms with Crippen molar-refractivity contribution in [2.24, 2.45) is 5.92 Å². The van der Waals surface area contributed by atoms with Gasteiger partial charge in [-0.25, -0.2) is 9.97 Å². The zero-order valence-electron chi connectivity index (χ0n) is 11.8. The van der Waals surface area contributed by atoms with E-state index in [-0.39, 0.29) is 17.2 Å². The SMILES string of the molecule is CC(C)Cc1cc(N)nc(-c2ccccc2C(F)(F)F)n1. The van der Waals surface area contributed by atoms with Crippen LogP contribution in [0.15, 0.2) is 30.3 Å². The van der Waals surface area contributed by atoms with Crippen molar-refractivity contribution in [3.05, 3.63) is 41.6 Å². The number of nitrogen functional groups attached to an aromatic ring is 1. The molecule has 1 aromatic carbocycles. The van der Waals surface area contributed by atoms with Gasteiger partial charge in [0.25, 0.3) is 0 Å². The third-order valence-electron chi connectivity index (χ3n) is 2.89. The van der Waals surface area contributed by atoms with Crippen molar-refractivity contribution < 1.29 is 13.2 Å². The monoisotopic (exact) mass is 295 g/mol. The number of nitrogens with zero attached hydrogens (tertiary/aromatic N) is 2. The third kappa shape index (κ3) is 3.71. The normalized spacial score (nSPS) is 11.9. The second-order valence-electron chi connectivity index (χ2n) is 5.25. The van der Waals surface area contributed by atoms with Gasteiger partial charge in [-0.3, -0.25) is 0 Å². The summed E-state index contributed by atoms with van der Waals surface area (Å²) >= 11 is 0. The second kappa shape index (κ2) is 5.71. The quantitative estimate of drug-likeness (QED) is 0.933. The Morgan fingerprint density at radius 1 is 1.14 bits per heavy atom. The Balaban J connectivity index is 2.55. The Kier molecular flexibility index (Phi) is 4.16. The van der Waals surface area contributed by atoms with Crippen molar-refractivity contribution in [2.75, 3.05) is 5.73 Å². The Morgan fingerprint density at radius 3 is 2.43 bits per heavy atom. The van der Waals surface area contributed by atoms with E-state index in [1.54, 1.807) is 6.07 Å². The molecule has 2 N–H and O–H groups in total. The van der Waals surface area contributed by atoms with Crippen molar-refractivity contribution in [1.82, 2.24) is 9.97 Å². The van der Waals surface area contributed by atoms with E-state index in [1.807, 2.05) is 13.8 Å². The van der Waals surface area contributed by atoms with E-state index >= 15 is 0 Å². The molecule has 21 heavy (non-hydrogen) atoms. The average molecular weight is 295 g/mol. The van der Waals surface area contributed by atoms with Crippen molar-refractivity contribution in [1.29, 1.82) is 0 Å². The Labute approximate surface area is 121 Å². The lowest BCUT2D eigenvalue weighted by molar-refractivity contribution is -0.137. The van der Waals surface area contributed by atoms with Gasteiger partial charge < -0.3 is 5.73 Å². The molecule has 0 atom stereocenters. The lowest BCUT2D eigenvalue weighted by Gasteiger charge is -2.13. The summed E-state index contributed by atoms with van der Waals surface area (Å²) in [6.07, 6.45) is -3.82. The molecule has 0 saturated carbocycles. The van der Waals surface area contributed by atoms with Crippen LogP contribution in [0, 0.1) is 5.92 Å². The van der Waals surface area contributed by atoms with Gasteiger partial charge in [0.05, 0.1) is 5.56 Å². The Bertz CT molecular complexity index is 636. The smallest absolute Gasteiger partial charge is 0.384 e. The summed E-state index contributed by atoms with van der Waals surface area (Å²) < 4.78 is 39.2. The zero-order chi connectivity index (χ0) is 15.6. The van der Waals surface area contributed by atoms with Crippen molar-refractivity contribution in [2.45, 2.75) is 26.4 Å². The predicted octanol–water partition coefficient (Wildman–Crippen LogP) is 3.94. The van der Waals surface area contributed by atoms with Crippen LogP contribution >= 0.6 is 0 Å². The van der Waals surface area contributed by atoms with E-state index < -0.39 is 11.7 Å². The zero-order valence-corrected chi connectivity index (χ0v) is 11.8. The van der Waals surface area contributed by atoms with Gasteiger partial charge in [-0.05, 0) is 18.4 Å². The average Bonchev–Trinajstić information content (AvgIpc) is 2.36. The minimum atomic E-state index is -4.46. The molecule has 0 aliphatic rings. The molecule has 0 saturated heterocycles. The van der Waals surface area contributed by atoms with Gasteiger partial charge in [0.15, 0.2) is 5.82 Å². The molecule has 0 unspecified atom stereocenters. The maximum absolute atomic E-state index is 13.1. The molecule has 2 aromatic rings. The van der Waals surface area contributed by atoms with E-state index in [4.69, 9.17) is 5.73 Å². The number of alkyl halides is 3. The van der Waals surface area contributed by atoms with Crippen LogP contribution in [0.25, 0.3) is 11.4 Å². The summed E-state index contributed by atoms with van der Waals surface area (Å²) in [5.41, 5.74) is 5.53. The molecule has 0 spiro atoms. The van der Waals surface area contributed by atoms with Crippen molar-refractivity contribution >= 4 is 5.82 Å². The number of benzene rings is 1. The molecule has 0 aliphatic heterocycles. The molecular formula is C15H16F3N3. The molecule has 1 heterocycles. The second-order valence-corrected chi connectivity index (χ2v) is 5.25. The number of anilines is 1. The fourth-order valence-corrected chi connectivity index (χ4v) is 2.09. The summed E-state index contributed by atoms with van der Waals surface area (Å²) in [4.78, 5) is 8.18. The molecule has 3 nitrogen and oxygen atoms in total. The highest BCUT2D eigenvalue weighted by atomic mass is 19.4. The minimum Gasteiger partial charge on any atom is -0.384 e. The predicted molar refractivity (Wildman–Crippen MR) is 75.4 cm³/mol. The molecule has 112 valence electrons. The lowest BCUT2D eigenvalue weighted by atomic mass is 10.1. The largest absolute Gasteiger partial charge is 0.417 e. The molecule has 0 aliphatic carbocycles. The maximum atomic E-state index is 13.1. The first-order valence-corrected chi connectivity index (χ1v) is 6.57.